The first kappa shape index (κ1) is 20.6. The van der Waals surface area contributed by atoms with Crippen molar-refractivity contribution >= 4 is 11.8 Å². The van der Waals surface area contributed by atoms with E-state index in [1.165, 1.54) is 5.56 Å². The highest BCUT2D eigenvalue weighted by Crippen LogP contribution is 2.43. The van der Waals surface area contributed by atoms with Gasteiger partial charge in [0.15, 0.2) is 0 Å². The molecule has 0 aliphatic carbocycles. The third-order valence-corrected chi connectivity index (χ3v) is 6.65. The molecule has 2 heterocycles. The second kappa shape index (κ2) is 8.23. The van der Waals surface area contributed by atoms with Gasteiger partial charge in [-0.2, -0.15) is 0 Å². The van der Waals surface area contributed by atoms with E-state index in [0.717, 1.165) is 31.7 Å². The van der Waals surface area contributed by atoms with Crippen LogP contribution in [0, 0.1) is 11.3 Å². The Hall–Kier alpha value is -2.66. The van der Waals surface area contributed by atoms with Crippen molar-refractivity contribution < 1.29 is 9.59 Å². The van der Waals surface area contributed by atoms with Crippen LogP contribution < -0.4 is 5.32 Å². The quantitative estimate of drug-likeness (QED) is 0.831. The van der Waals surface area contributed by atoms with Gasteiger partial charge in [0.25, 0.3) is 11.8 Å². The van der Waals surface area contributed by atoms with Crippen molar-refractivity contribution in [3.8, 4) is 0 Å². The van der Waals surface area contributed by atoms with Crippen LogP contribution in [0.3, 0.4) is 0 Å². The molecule has 0 aromatic heterocycles. The van der Waals surface area contributed by atoms with Crippen LogP contribution >= 0.6 is 0 Å². The second-order valence-corrected chi connectivity index (χ2v) is 9.27. The lowest BCUT2D eigenvalue weighted by Crippen LogP contribution is -2.63. The van der Waals surface area contributed by atoms with Gasteiger partial charge in [-0.3, -0.25) is 9.59 Å². The largest absolute Gasteiger partial charge is 0.352 e. The number of nitrogens with one attached hydrogen (secondary N) is 1. The predicted molar refractivity (Wildman–Crippen MR) is 119 cm³/mol. The average Bonchev–Trinajstić information content (AvgIpc) is 3.07. The number of carbonyl (C=O) groups is 2. The standard InChI is InChI=1S/C25H31N3O2/c1-18(2)19-9-11-21(12-10-19)24(30)28-16-25(17-28)15-27(3)14-22(25)13-26-23(29)20-7-5-4-6-8-20/h4-12,18,22H,13-17H2,1-3H3,(H,26,29). The number of hydrogen-bond donors (Lipinski definition) is 1. The van der Waals surface area contributed by atoms with E-state index >= 15 is 0 Å². The molecular formula is C25H31N3O2. The highest BCUT2D eigenvalue weighted by Gasteiger charge is 2.54. The van der Waals surface area contributed by atoms with Crippen molar-refractivity contribution in [1.29, 1.82) is 0 Å². The van der Waals surface area contributed by atoms with Crippen LogP contribution in [0.2, 0.25) is 0 Å². The summed E-state index contributed by atoms with van der Waals surface area (Å²) in [5, 5.41) is 3.11. The lowest BCUT2D eigenvalue weighted by molar-refractivity contribution is -0.00956. The Labute approximate surface area is 179 Å². The normalized spacial score (nSPS) is 20.4. The monoisotopic (exact) mass is 405 g/mol. The number of benzene rings is 2. The number of amides is 2. The van der Waals surface area contributed by atoms with Crippen molar-refractivity contribution in [3.05, 3.63) is 71.3 Å². The molecule has 158 valence electrons. The summed E-state index contributed by atoms with van der Waals surface area (Å²) in [6.45, 7) is 8.38. The van der Waals surface area contributed by atoms with Gasteiger partial charge in [0.2, 0.25) is 0 Å². The molecule has 5 nitrogen and oxygen atoms in total. The first-order valence-corrected chi connectivity index (χ1v) is 10.8. The molecule has 0 radical (unpaired) electrons. The van der Waals surface area contributed by atoms with E-state index in [4.69, 9.17) is 0 Å². The summed E-state index contributed by atoms with van der Waals surface area (Å²) in [4.78, 5) is 29.6. The summed E-state index contributed by atoms with van der Waals surface area (Å²) in [5.74, 6) is 0.889. The fourth-order valence-corrected chi connectivity index (χ4v) is 4.90. The van der Waals surface area contributed by atoms with Crippen LogP contribution in [0.1, 0.15) is 46.0 Å². The summed E-state index contributed by atoms with van der Waals surface area (Å²) in [5.41, 5.74) is 2.77. The molecule has 1 spiro atoms. The van der Waals surface area contributed by atoms with E-state index in [9.17, 15) is 9.59 Å². The molecule has 1 unspecified atom stereocenters. The predicted octanol–water partition coefficient (Wildman–Crippen LogP) is 3.24. The molecule has 2 aromatic carbocycles. The molecule has 2 aliphatic heterocycles. The van der Waals surface area contributed by atoms with Crippen LogP contribution in [0.4, 0.5) is 0 Å². The van der Waals surface area contributed by atoms with Crippen molar-refractivity contribution in [1.82, 2.24) is 15.1 Å². The van der Waals surface area contributed by atoms with Gasteiger partial charge < -0.3 is 15.1 Å². The summed E-state index contributed by atoms with van der Waals surface area (Å²) < 4.78 is 0. The average molecular weight is 406 g/mol. The first-order chi connectivity index (χ1) is 14.4. The lowest BCUT2D eigenvalue weighted by Gasteiger charge is -2.51. The Kier molecular flexibility index (Phi) is 5.65. The molecule has 0 bridgehead atoms. The molecule has 5 heteroatoms. The number of nitrogens with zero attached hydrogens (tertiary/aromatic N) is 2. The van der Waals surface area contributed by atoms with Gasteiger partial charge in [-0.05, 0) is 48.7 Å². The molecule has 2 fully saturated rings. The highest BCUT2D eigenvalue weighted by atomic mass is 16.2. The zero-order chi connectivity index (χ0) is 21.3. The second-order valence-electron chi connectivity index (χ2n) is 9.27. The Balaban J connectivity index is 1.37. The van der Waals surface area contributed by atoms with Gasteiger partial charge in [-0.1, -0.05) is 44.2 Å². The first-order valence-electron chi connectivity index (χ1n) is 10.8. The number of carbonyl (C=O) groups excluding carboxylic acids is 2. The van der Waals surface area contributed by atoms with Gasteiger partial charge in [0.1, 0.15) is 0 Å². The summed E-state index contributed by atoms with van der Waals surface area (Å²) in [6.07, 6.45) is 0. The van der Waals surface area contributed by atoms with Crippen LogP contribution in [-0.4, -0.2) is 61.4 Å². The van der Waals surface area contributed by atoms with E-state index in [1.54, 1.807) is 0 Å². The Bertz CT molecular complexity index is 902. The minimum atomic E-state index is -0.0298. The van der Waals surface area contributed by atoms with E-state index in [1.807, 2.05) is 47.4 Å². The van der Waals surface area contributed by atoms with Gasteiger partial charge in [0.05, 0.1) is 0 Å². The van der Waals surface area contributed by atoms with Gasteiger partial charge in [0, 0.05) is 49.3 Å². The Morgan fingerprint density at radius 3 is 2.30 bits per heavy atom. The van der Waals surface area contributed by atoms with Crippen LogP contribution in [0.15, 0.2) is 54.6 Å². The molecule has 2 saturated heterocycles. The maximum Gasteiger partial charge on any atom is 0.253 e. The zero-order valence-corrected chi connectivity index (χ0v) is 18.1. The third-order valence-electron chi connectivity index (χ3n) is 6.65. The molecule has 2 aromatic rings. The summed E-state index contributed by atoms with van der Waals surface area (Å²) in [7, 11) is 2.12. The Morgan fingerprint density at radius 1 is 1.00 bits per heavy atom. The van der Waals surface area contributed by atoms with Crippen molar-refractivity contribution in [3.63, 3.8) is 0 Å². The maximum atomic E-state index is 12.9. The SMILES string of the molecule is CC(C)c1ccc(C(=O)N2CC3(CN(C)CC3CNC(=O)c3ccccc3)C2)cc1. The minimum Gasteiger partial charge on any atom is -0.352 e. The van der Waals surface area contributed by atoms with Gasteiger partial charge in [-0.25, -0.2) is 0 Å². The molecule has 2 amide bonds. The van der Waals surface area contributed by atoms with Crippen molar-refractivity contribution in [2.24, 2.45) is 11.3 Å². The fourth-order valence-electron chi connectivity index (χ4n) is 4.90. The summed E-state index contributed by atoms with van der Waals surface area (Å²) in [6, 6.07) is 17.3. The van der Waals surface area contributed by atoms with E-state index in [-0.39, 0.29) is 17.2 Å². The molecule has 0 saturated carbocycles. The minimum absolute atomic E-state index is 0.0298. The molecule has 1 N–H and O–H groups in total. The van der Waals surface area contributed by atoms with Crippen LogP contribution in [0.25, 0.3) is 0 Å². The van der Waals surface area contributed by atoms with E-state index < -0.39 is 0 Å². The van der Waals surface area contributed by atoms with Crippen molar-refractivity contribution in [2.45, 2.75) is 19.8 Å². The van der Waals surface area contributed by atoms with Crippen molar-refractivity contribution in [2.75, 3.05) is 39.8 Å². The number of rotatable bonds is 5. The van der Waals surface area contributed by atoms with Crippen LogP contribution in [-0.2, 0) is 0 Å². The van der Waals surface area contributed by atoms with Gasteiger partial charge >= 0.3 is 0 Å². The smallest absolute Gasteiger partial charge is 0.253 e. The van der Waals surface area contributed by atoms with Gasteiger partial charge in [-0.15, -0.1) is 0 Å². The summed E-state index contributed by atoms with van der Waals surface area (Å²) >= 11 is 0. The highest BCUT2D eigenvalue weighted by molar-refractivity contribution is 5.95. The number of hydrogen-bond acceptors (Lipinski definition) is 3. The van der Waals surface area contributed by atoms with Crippen LogP contribution in [0.5, 0.6) is 0 Å². The van der Waals surface area contributed by atoms with E-state index in [2.05, 4.69) is 43.2 Å². The molecule has 2 aliphatic rings. The molecular weight excluding hydrogens is 374 g/mol. The topological polar surface area (TPSA) is 52.7 Å². The zero-order valence-electron chi connectivity index (χ0n) is 18.1. The molecule has 4 rings (SSSR count). The molecule has 30 heavy (non-hydrogen) atoms. The maximum absolute atomic E-state index is 12.9. The molecule has 1 atom stereocenters. The van der Waals surface area contributed by atoms with E-state index in [0.29, 0.717) is 23.9 Å². The number of likely N-dealkylation sites (tertiary alicyclic amines) is 2. The Morgan fingerprint density at radius 2 is 1.67 bits per heavy atom. The third kappa shape index (κ3) is 3.99. The fraction of sp³-hybridized carbons (Fsp3) is 0.440. The lowest BCUT2D eigenvalue weighted by atomic mass is 9.71.